The highest BCUT2D eigenvalue weighted by Gasteiger charge is 2.30. The van der Waals surface area contributed by atoms with Crippen molar-refractivity contribution in [2.24, 2.45) is 0 Å². The Balaban J connectivity index is 2.01. The third-order valence-electron chi connectivity index (χ3n) is 4.18. The summed E-state index contributed by atoms with van der Waals surface area (Å²) in [5.74, 6) is 0. The smallest absolute Gasteiger partial charge is 0.0948 e. The van der Waals surface area contributed by atoms with Crippen molar-refractivity contribution in [3.05, 3.63) is 95.6 Å². The first-order valence-electron chi connectivity index (χ1n) is 8.10. The fraction of sp³-hybridized carbons (Fsp3) is 0.143. The predicted molar refractivity (Wildman–Crippen MR) is 111 cm³/mol. The van der Waals surface area contributed by atoms with Gasteiger partial charge >= 0.3 is 0 Å². The van der Waals surface area contributed by atoms with E-state index in [0.717, 1.165) is 19.0 Å². The summed E-state index contributed by atoms with van der Waals surface area (Å²) in [7, 11) is 4.64. The third kappa shape index (κ3) is 3.95. The lowest BCUT2D eigenvalue weighted by atomic mass is 10.2. The Labute approximate surface area is 152 Å². The van der Waals surface area contributed by atoms with Crippen molar-refractivity contribution in [2.45, 2.75) is 18.3 Å². The molecular weight excluding hydrogens is 339 g/mol. The van der Waals surface area contributed by atoms with Crippen molar-refractivity contribution >= 4 is 38.7 Å². The summed E-state index contributed by atoms with van der Waals surface area (Å²) >= 11 is 0. The fourth-order valence-electron chi connectivity index (χ4n) is 2.73. The molecule has 0 fully saturated rings. The van der Waals surface area contributed by atoms with Crippen LogP contribution in [0.4, 0.5) is 0 Å². The average molecular weight is 361 g/mol. The van der Waals surface area contributed by atoms with Crippen molar-refractivity contribution in [1.82, 2.24) is 0 Å². The Morgan fingerprint density at radius 2 is 1.04 bits per heavy atom. The van der Waals surface area contributed by atoms with Crippen LogP contribution in [0.15, 0.2) is 78.9 Å². The zero-order chi connectivity index (χ0) is 17.0. The molecule has 3 heteroatoms. The molecule has 0 aliphatic heterocycles. The first kappa shape index (κ1) is 17.4. The summed E-state index contributed by atoms with van der Waals surface area (Å²) < 4.78 is 0.0550. The van der Waals surface area contributed by atoms with Crippen molar-refractivity contribution in [1.29, 1.82) is 0 Å². The topological polar surface area (TPSA) is 0 Å². The molecule has 118 valence electrons. The fourth-order valence-corrected chi connectivity index (χ4v) is 7.30. The molecule has 1 unspecified atom stereocenters. The average Bonchev–Trinajstić information content (AvgIpc) is 2.60. The van der Waals surface area contributed by atoms with E-state index >= 15 is 0 Å². The van der Waals surface area contributed by atoms with Crippen LogP contribution in [-0.4, -0.2) is 19.0 Å². The van der Waals surface area contributed by atoms with Crippen LogP contribution in [-0.2, 0) is 4.40 Å². The molecule has 0 bridgehead atoms. The molecule has 0 amide bonds. The third-order valence-corrected chi connectivity index (χ3v) is 9.16. The minimum absolute atomic E-state index is 0.0550. The van der Waals surface area contributed by atoms with Gasteiger partial charge in [-0.2, -0.15) is 0 Å². The van der Waals surface area contributed by atoms with Crippen LogP contribution >= 0.6 is 9.24 Å². The van der Waals surface area contributed by atoms with Crippen LogP contribution in [0.25, 0.3) is 0 Å². The van der Waals surface area contributed by atoms with Crippen LogP contribution in [0.5, 0.6) is 0 Å². The molecule has 0 spiro atoms. The molecule has 0 aliphatic rings. The van der Waals surface area contributed by atoms with E-state index in [2.05, 4.69) is 102 Å². The van der Waals surface area contributed by atoms with E-state index in [9.17, 15) is 0 Å². The Morgan fingerprint density at radius 1 is 0.625 bits per heavy atom. The van der Waals surface area contributed by atoms with Gasteiger partial charge in [-0.05, 0) is 19.4 Å². The Bertz CT molecular complexity index is 767. The first-order chi connectivity index (χ1) is 11.6. The molecule has 0 aromatic heterocycles. The van der Waals surface area contributed by atoms with E-state index in [1.54, 1.807) is 0 Å². The van der Waals surface area contributed by atoms with Crippen molar-refractivity contribution in [3.8, 4) is 0 Å². The minimum atomic E-state index is 0.0550. The van der Waals surface area contributed by atoms with Crippen molar-refractivity contribution < 1.29 is 0 Å². The molecule has 0 aliphatic carbocycles. The maximum absolute atomic E-state index is 3.20. The van der Waals surface area contributed by atoms with E-state index in [1.165, 1.54) is 27.1 Å². The number of rotatable bonds is 5. The van der Waals surface area contributed by atoms with E-state index in [0.29, 0.717) is 0 Å². The van der Waals surface area contributed by atoms with Gasteiger partial charge in [0.1, 0.15) is 0 Å². The second kappa shape index (κ2) is 7.61. The van der Waals surface area contributed by atoms with E-state index in [1.807, 2.05) is 0 Å². The highest BCUT2D eigenvalue weighted by Crippen LogP contribution is 2.29. The molecule has 1 atom stereocenters. The van der Waals surface area contributed by atoms with Gasteiger partial charge in [0, 0.05) is 4.40 Å². The van der Waals surface area contributed by atoms with Gasteiger partial charge in [-0.3, -0.25) is 0 Å². The summed E-state index contributed by atoms with van der Waals surface area (Å²) in [5.41, 5.74) is 4.17. The monoisotopic (exact) mass is 360 g/mol. The van der Waals surface area contributed by atoms with Crippen LogP contribution < -0.4 is 10.4 Å². The van der Waals surface area contributed by atoms with Gasteiger partial charge in [-0.25, -0.2) is 0 Å². The van der Waals surface area contributed by atoms with Crippen LogP contribution in [0, 0.1) is 13.8 Å². The zero-order valence-corrected chi connectivity index (χ0v) is 17.2. The Morgan fingerprint density at radius 3 is 1.50 bits per heavy atom. The van der Waals surface area contributed by atoms with Crippen molar-refractivity contribution in [3.63, 3.8) is 0 Å². The lowest BCUT2D eigenvalue weighted by Gasteiger charge is -2.30. The Kier molecular flexibility index (Phi) is 5.50. The summed E-state index contributed by atoms with van der Waals surface area (Å²) in [6.07, 6.45) is 0. The SMILES string of the molecule is Cc1ccccc1[Si]C(P)([Si]c1ccccc1C)c1ccccc1. The quantitative estimate of drug-likeness (QED) is 0.484. The molecule has 0 nitrogen and oxygen atoms in total. The molecule has 4 radical (unpaired) electrons. The standard InChI is InChI=1S/C21H21PSi2/c1-16-10-6-8-14-19(16)23-21(22,18-12-4-3-5-13-18)24-20-15-9-7-11-17(20)2/h3-15H,22H2,1-2H3. The van der Waals surface area contributed by atoms with Crippen LogP contribution in [0.2, 0.25) is 0 Å². The second-order valence-electron chi connectivity index (χ2n) is 6.05. The van der Waals surface area contributed by atoms with E-state index in [-0.39, 0.29) is 4.40 Å². The van der Waals surface area contributed by atoms with Gasteiger partial charge in [-0.15, -0.1) is 9.24 Å². The number of hydrogen-bond acceptors (Lipinski definition) is 0. The van der Waals surface area contributed by atoms with Gasteiger partial charge in [0.25, 0.3) is 0 Å². The summed E-state index contributed by atoms with van der Waals surface area (Å²) in [6, 6.07) is 28.5. The van der Waals surface area contributed by atoms with Crippen LogP contribution in [0.3, 0.4) is 0 Å². The van der Waals surface area contributed by atoms with Gasteiger partial charge < -0.3 is 0 Å². The minimum Gasteiger partial charge on any atom is -0.133 e. The molecule has 0 N–H and O–H groups in total. The van der Waals surface area contributed by atoms with Crippen molar-refractivity contribution in [2.75, 3.05) is 0 Å². The molecule has 0 heterocycles. The number of benzene rings is 3. The maximum atomic E-state index is 3.20. The number of hydrogen-bond donors (Lipinski definition) is 0. The zero-order valence-electron chi connectivity index (χ0n) is 14.1. The molecule has 3 aromatic rings. The lowest BCUT2D eigenvalue weighted by molar-refractivity contribution is 1.23. The van der Waals surface area contributed by atoms with Gasteiger partial charge in [-0.1, -0.05) is 100 Å². The van der Waals surface area contributed by atoms with E-state index < -0.39 is 0 Å². The highest BCUT2D eigenvalue weighted by molar-refractivity contribution is 7.29. The molecule has 0 saturated carbocycles. The maximum Gasteiger partial charge on any atom is 0.0948 e. The first-order valence-corrected chi connectivity index (χ1v) is 10.7. The normalized spacial score (nSPS) is 11.5. The largest absolute Gasteiger partial charge is 0.133 e. The molecular formula is C21H21PSi2. The Hall–Kier alpha value is -1.48. The highest BCUT2D eigenvalue weighted by atomic mass is 31.0. The van der Waals surface area contributed by atoms with Crippen LogP contribution in [0.1, 0.15) is 16.7 Å². The molecule has 0 saturated heterocycles. The summed E-state index contributed by atoms with van der Waals surface area (Å²) in [5, 5.41) is 2.91. The lowest BCUT2D eigenvalue weighted by Crippen LogP contribution is -2.45. The summed E-state index contributed by atoms with van der Waals surface area (Å²) in [6.45, 7) is 4.44. The van der Waals surface area contributed by atoms with Gasteiger partial charge in [0.15, 0.2) is 0 Å². The summed E-state index contributed by atoms with van der Waals surface area (Å²) in [4.78, 5) is 0. The molecule has 3 aromatic carbocycles. The second-order valence-corrected chi connectivity index (χ2v) is 11.7. The van der Waals surface area contributed by atoms with Gasteiger partial charge in [0.05, 0.1) is 19.0 Å². The number of aryl methyl sites for hydroxylation is 2. The van der Waals surface area contributed by atoms with Gasteiger partial charge in [0.2, 0.25) is 0 Å². The predicted octanol–water partition coefficient (Wildman–Crippen LogP) is 3.35. The van der Waals surface area contributed by atoms with E-state index in [4.69, 9.17) is 0 Å². The molecule has 24 heavy (non-hydrogen) atoms. The molecule has 3 rings (SSSR count).